The second-order valence-corrected chi connectivity index (χ2v) is 6.71. The molecule has 2 aromatic heterocycles. The van der Waals surface area contributed by atoms with E-state index in [0.29, 0.717) is 11.4 Å². The zero-order valence-corrected chi connectivity index (χ0v) is 14.6. The monoisotopic (exact) mass is 346 g/mol. The highest BCUT2D eigenvalue weighted by Crippen LogP contribution is 2.26. The Bertz CT molecular complexity index is 668. The highest BCUT2D eigenvalue weighted by molar-refractivity contribution is 7.17. The molecular weight excluding hydrogens is 324 g/mol. The van der Waals surface area contributed by atoms with Crippen molar-refractivity contribution in [2.45, 2.75) is 13.3 Å². The summed E-state index contributed by atoms with van der Waals surface area (Å²) in [6.07, 6.45) is 2.67. The van der Waals surface area contributed by atoms with Crippen molar-refractivity contribution in [3.63, 3.8) is 0 Å². The molecule has 0 bridgehead atoms. The Hall–Kier alpha value is -1.83. The van der Waals surface area contributed by atoms with Crippen molar-refractivity contribution in [1.29, 1.82) is 0 Å². The molecule has 1 amide bonds. The van der Waals surface area contributed by atoms with Crippen molar-refractivity contribution in [2.24, 2.45) is 0 Å². The van der Waals surface area contributed by atoms with Crippen LogP contribution in [0.5, 0.6) is 0 Å². The summed E-state index contributed by atoms with van der Waals surface area (Å²) >= 11 is 1.39. The van der Waals surface area contributed by atoms with Crippen LogP contribution in [0.4, 0.5) is 0 Å². The summed E-state index contributed by atoms with van der Waals surface area (Å²) in [5, 5.41) is 3.78. The Balaban J connectivity index is 1.51. The van der Waals surface area contributed by atoms with Crippen molar-refractivity contribution in [3.05, 3.63) is 35.0 Å². The lowest BCUT2D eigenvalue weighted by atomic mass is 10.3. The third-order valence-corrected chi connectivity index (χ3v) is 5.11. The molecule has 0 aromatic carbocycles. The molecule has 0 unspecified atom stereocenters. The van der Waals surface area contributed by atoms with E-state index in [1.54, 1.807) is 6.20 Å². The summed E-state index contributed by atoms with van der Waals surface area (Å²) in [6, 6.07) is 5.69. The van der Waals surface area contributed by atoms with Gasteiger partial charge >= 0.3 is 0 Å². The molecule has 1 fully saturated rings. The molecule has 0 radical (unpaired) electrons. The van der Waals surface area contributed by atoms with Crippen LogP contribution in [0.15, 0.2) is 24.4 Å². The fourth-order valence-electron chi connectivity index (χ4n) is 2.62. The van der Waals surface area contributed by atoms with Crippen LogP contribution >= 0.6 is 11.3 Å². The van der Waals surface area contributed by atoms with E-state index in [1.807, 2.05) is 25.1 Å². The lowest BCUT2D eigenvalue weighted by molar-refractivity contribution is 0.0374. The van der Waals surface area contributed by atoms with Gasteiger partial charge in [-0.1, -0.05) is 6.07 Å². The normalized spacial score (nSPS) is 15.4. The zero-order valence-electron chi connectivity index (χ0n) is 13.8. The van der Waals surface area contributed by atoms with Crippen molar-refractivity contribution in [2.75, 3.05) is 39.4 Å². The van der Waals surface area contributed by atoms with Crippen molar-refractivity contribution in [3.8, 4) is 10.7 Å². The first kappa shape index (κ1) is 17.0. The summed E-state index contributed by atoms with van der Waals surface area (Å²) in [5.41, 5.74) is 1.56. The number of ether oxygens (including phenoxy) is 1. The minimum atomic E-state index is -0.0471. The molecule has 3 rings (SSSR count). The molecule has 2 aromatic rings. The molecule has 24 heavy (non-hydrogen) atoms. The molecule has 0 atom stereocenters. The summed E-state index contributed by atoms with van der Waals surface area (Å²) in [7, 11) is 0. The standard InChI is InChI=1S/C17H22N4O2S/c1-13-15(24-17(20-13)14-5-2-3-6-18-14)16(22)19-7-4-8-21-9-11-23-12-10-21/h2-3,5-6H,4,7-12H2,1H3,(H,19,22). The number of aromatic nitrogens is 2. The quantitative estimate of drug-likeness (QED) is 0.810. The summed E-state index contributed by atoms with van der Waals surface area (Å²) in [5.74, 6) is -0.0471. The predicted molar refractivity (Wildman–Crippen MR) is 94.3 cm³/mol. The number of hydrogen-bond donors (Lipinski definition) is 1. The van der Waals surface area contributed by atoms with Gasteiger partial charge in [0.05, 0.1) is 24.6 Å². The molecule has 0 aliphatic carbocycles. The molecule has 1 aliphatic rings. The average Bonchev–Trinajstić information content (AvgIpc) is 3.02. The van der Waals surface area contributed by atoms with Crippen LogP contribution in [-0.4, -0.2) is 60.2 Å². The second-order valence-electron chi connectivity index (χ2n) is 5.71. The SMILES string of the molecule is Cc1nc(-c2ccccn2)sc1C(=O)NCCCN1CCOCC1. The topological polar surface area (TPSA) is 67.4 Å². The van der Waals surface area contributed by atoms with Gasteiger partial charge in [0.2, 0.25) is 0 Å². The lowest BCUT2D eigenvalue weighted by Gasteiger charge is -2.26. The Labute approximate surface area is 145 Å². The van der Waals surface area contributed by atoms with Crippen LogP contribution in [0.1, 0.15) is 21.8 Å². The number of hydrogen-bond acceptors (Lipinski definition) is 6. The van der Waals surface area contributed by atoms with Crippen LogP contribution in [0.2, 0.25) is 0 Å². The largest absolute Gasteiger partial charge is 0.379 e. The summed E-state index contributed by atoms with van der Waals surface area (Å²) < 4.78 is 5.33. The van der Waals surface area contributed by atoms with E-state index in [-0.39, 0.29) is 5.91 Å². The van der Waals surface area contributed by atoms with E-state index < -0.39 is 0 Å². The first-order valence-corrected chi connectivity index (χ1v) is 9.03. The Morgan fingerprint density at radius 3 is 2.96 bits per heavy atom. The van der Waals surface area contributed by atoms with Gasteiger partial charge in [0.1, 0.15) is 9.88 Å². The molecule has 1 aliphatic heterocycles. The average molecular weight is 346 g/mol. The fraction of sp³-hybridized carbons (Fsp3) is 0.471. The number of nitrogens with zero attached hydrogens (tertiary/aromatic N) is 3. The van der Waals surface area contributed by atoms with Crippen LogP contribution in [0.25, 0.3) is 10.7 Å². The molecule has 0 saturated carbocycles. The molecule has 128 valence electrons. The van der Waals surface area contributed by atoms with Crippen molar-refractivity contribution < 1.29 is 9.53 Å². The second kappa shape index (κ2) is 8.32. The van der Waals surface area contributed by atoms with Gasteiger partial charge in [0.25, 0.3) is 5.91 Å². The first-order valence-electron chi connectivity index (χ1n) is 8.21. The minimum absolute atomic E-state index is 0.0471. The third-order valence-electron chi connectivity index (χ3n) is 3.93. The number of thiazole rings is 1. The number of carbonyl (C=O) groups is 1. The molecule has 1 saturated heterocycles. The van der Waals surface area contributed by atoms with E-state index in [2.05, 4.69) is 20.2 Å². The highest BCUT2D eigenvalue weighted by Gasteiger charge is 2.16. The van der Waals surface area contributed by atoms with Crippen molar-refractivity contribution >= 4 is 17.2 Å². The van der Waals surface area contributed by atoms with Gasteiger partial charge < -0.3 is 10.1 Å². The van der Waals surface area contributed by atoms with Gasteiger partial charge in [-0.05, 0) is 32.0 Å². The maximum absolute atomic E-state index is 12.4. The lowest BCUT2D eigenvalue weighted by Crippen LogP contribution is -2.38. The Kier molecular flexibility index (Phi) is 5.90. The molecular formula is C17H22N4O2S. The molecule has 3 heterocycles. The van der Waals surface area contributed by atoms with E-state index in [1.165, 1.54) is 11.3 Å². The molecule has 1 N–H and O–H groups in total. The van der Waals surface area contributed by atoms with Gasteiger partial charge in [-0.2, -0.15) is 0 Å². The van der Waals surface area contributed by atoms with Crippen LogP contribution in [-0.2, 0) is 4.74 Å². The number of morpholine rings is 1. The Morgan fingerprint density at radius 1 is 1.38 bits per heavy atom. The number of carbonyl (C=O) groups excluding carboxylic acids is 1. The smallest absolute Gasteiger partial charge is 0.263 e. The van der Waals surface area contributed by atoms with Gasteiger partial charge in [-0.25, -0.2) is 4.98 Å². The maximum Gasteiger partial charge on any atom is 0.263 e. The third kappa shape index (κ3) is 4.37. The van der Waals surface area contributed by atoms with Gasteiger partial charge in [0.15, 0.2) is 0 Å². The maximum atomic E-state index is 12.4. The van der Waals surface area contributed by atoms with Gasteiger partial charge in [-0.15, -0.1) is 11.3 Å². The summed E-state index contributed by atoms with van der Waals surface area (Å²) in [6.45, 7) is 7.11. The number of nitrogens with one attached hydrogen (secondary N) is 1. The minimum Gasteiger partial charge on any atom is -0.379 e. The first-order chi connectivity index (χ1) is 11.7. The number of aryl methyl sites for hydroxylation is 1. The number of rotatable bonds is 6. The highest BCUT2D eigenvalue weighted by atomic mass is 32.1. The number of pyridine rings is 1. The van der Waals surface area contributed by atoms with Gasteiger partial charge in [0, 0.05) is 25.8 Å². The summed E-state index contributed by atoms with van der Waals surface area (Å²) in [4.78, 5) is 24.2. The fourth-order valence-corrected chi connectivity index (χ4v) is 3.58. The Morgan fingerprint density at radius 2 is 2.21 bits per heavy atom. The van der Waals surface area contributed by atoms with E-state index in [9.17, 15) is 4.79 Å². The van der Waals surface area contributed by atoms with Crippen LogP contribution in [0.3, 0.4) is 0 Å². The predicted octanol–water partition coefficient (Wildman–Crippen LogP) is 1.97. The molecule has 6 nitrogen and oxygen atoms in total. The van der Waals surface area contributed by atoms with Crippen LogP contribution in [0, 0.1) is 6.92 Å². The van der Waals surface area contributed by atoms with Gasteiger partial charge in [-0.3, -0.25) is 14.7 Å². The van der Waals surface area contributed by atoms with E-state index in [0.717, 1.165) is 55.7 Å². The number of amides is 1. The van der Waals surface area contributed by atoms with Crippen molar-refractivity contribution in [1.82, 2.24) is 20.2 Å². The van der Waals surface area contributed by atoms with E-state index >= 15 is 0 Å². The van der Waals surface area contributed by atoms with Crippen LogP contribution < -0.4 is 5.32 Å². The molecule has 7 heteroatoms. The van der Waals surface area contributed by atoms with E-state index in [4.69, 9.17) is 4.74 Å². The molecule has 0 spiro atoms. The zero-order chi connectivity index (χ0) is 16.8.